The lowest BCUT2D eigenvalue weighted by Crippen LogP contribution is -2.41. The van der Waals surface area contributed by atoms with Gasteiger partial charge in [0, 0.05) is 11.9 Å². The molecule has 3 nitrogen and oxygen atoms in total. The predicted octanol–water partition coefficient (Wildman–Crippen LogP) is 1.33. The molecule has 13 heavy (non-hydrogen) atoms. The molecule has 0 bridgehead atoms. The summed E-state index contributed by atoms with van der Waals surface area (Å²) in [5, 5.41) is -0.156. The second kappa shape index (κ2) is 4.15. The van der Waals surface area contributed by atoms with Crippen molar-refractivity contribution in [3.05, 3.63) is 0 Å². The van der Waals surface area contributed by atoms with Crippen LogP contribution >= 0.6 is 11.6 Å². The molecular weight excluding hydrogens is 210 g/mol. The maximum absolute atomic E-state index is 11.5. The van der Waals surface area contributed by atoms with Gasteiger partial charge in [-0.3, -0.25) is 0 Å². The summed E-state index contributed by atoms with van der Waals surface area (Å²) >= 11 is 5.67. The van der Waals surface area contributed by atoms with E-state index in [0.29, 0.717) is 5.88 Å². The quantitative estimate of drug-likeness (QED) is 0.718. The molecule has 0 aliphatic heterocycles. The van der Waals surface area contributed by atoms with Gasteiger partial charge in [-0.25, -0.2) is 13.1 Å². The third-order valence-corrected chi connectivity index (χ3v) is 4.56. The normalized spacial score (nSPS) is 20.6. The minimum atomic E-state index is -3.08. The lowest BCUT2D eigenvalue weighted by molar-refractivity contribution is 0.479. The van der Waals surface area contributed by atoms with Crippen LogP contribution in [0.15, 0.2) is 0 Å². The number of rotatable bonds is 5. The lowest BCUT2D eigenvalue weighted by Gasteiger charge is -2.19. The van der Waals surface area contributed by atoms with E-state index < -0.39 is 10.0 Å². The average molecular weight is 226 g/mol. The highest BCUT2D eigenvalue weighted by Crippen LogP contribution is 2.28. The minimum Gasteiger partial charge on any atom is -0.212 e. The summed E-state index contributed by atoms with van der Waals surface area (Å²) in [7, 11) is -3.08. The zero-order chi connectivity index (χ0) is 10.1. The maximum Gasteiger partial charge on any atom is 0.214 e. The largest absolute Gasteiger partial charge is 0.214 e. The van der Waals surface area contributed by atoms with Crippen LogP contribution < -0.4 is 4.72 Å². The summed E-state index contributed by atoms with van der Waals surface area (Å²) < 4.78 is 25.6. The predicted molar refractivity (Wildman–Crippen MR) is 54.4 cm³/mol. The fourth-order valence-electron chi connectivity index (χ4n) is 1.03. The number of hydrogen-bond donors (Lipinski definition) is 1. The van der Waals surface area contributed by atoms with Crippen molar-refractivity contribution in [2.24, 2.45) is 5.92 Å². The van der Waals surface area contributed by atoms with Gasteiger partial charge in [-0.15, -0.1) is 11.6 Å². The summed E-state index contributed by atoms with van der Waals surface area (Å²) in [5.41, 5.74) is 0. The van der Waals surface area contributed by atoms with Gasteiger partial charge < -0.3 is 0 Å². The molecule has 1 unspecified atom stereocenters. The molecular formula is C8H16ClNO2S. The van der Waals surface area contributed by atoms with Crippen LogP contribution in [0.1, 0.15) is 26.7 Å². The molecule has 0 aromatic carbocycles. The van der Waals surface area contributed by atoms with Crippen LogP contribution in [0, 0.1) is 5.92 Å². The van der Waals surface area contributed by atoms with E-state index in [1.807, 2.05) is 13.8 Å². The Morgan fingerprint density at radius 1 is 1.46 bits per heavy atom. The topological polar surface area (TPSA) is 46.2 Å². The Kier molecular flexibility index (Phi) is 3.60. The van der Waals surface area contributed by atoms with Crippen LogP contribution in [0.5, 0.6) is 0 Å². The third kappa shape index (κ3) is 3.11. The zero-order valence-electron chi connectivity index (χ0n) is 7.96. The molecule has 1 fully saturated rings. The number of halogens is 1. The molecule has 0 amide bonds. The number of alkyl halides is 1. The number of sulfonamides is 1. The molecule has 0 radical (unpaired) electrons. The smallest absolute Gasteiger partial charge is 0.212 e. The highest BCUT2D eigenvalue weighted by atomic mass is 35.5. The molecule has 1 atom stereocenters. The van der Waals surface area contributed by atoms with Gasteiger partial charge in [0.1, 0.15) is 0 Å². The minimum absolute atomic E-state index is 0.132. The van der Waals surface area contributed by atoms with Gasteiger partial charge in [0.2, 0.25) is 10.0 Å². The fraction of sp³-hybridized carbons (Fsp3) is 1.00. The maximum atomic E-state index is 11.5. The molecule has 0 aromatic rings. The van der Waals surface area contributed by atoms with Crippen molar-refractivity contribution < 1.29 is 8.42 Å². The number of hydrogen-bond acceptors (Lipinski definition) is 2. The van der Waals surface area contributed by atoms with Crippen LogP contribution in [-0.4, -0.2) is 25.6 Å². The van der Waals surface area contributed by atoms with Crippen molar-refractivity contribution in [1.29, 1.82) is 0 Å². The Morgan fingerprint density at radius 3 is 2.31 bits per heavy atom. The first-order chi connectivity index (χ1) is 5.97. The second-order valence-electron chi connectivity index (χ2n) is 3.87. The highest BCUT2D eigenvalue weighted by Gasteiger charge is 2.37. The summed E-state index contributed by atoms with van der Waals surface area (Å²) in [5.74, 6) is 0.579. The van der Waals surface area contributed by atoms with Crippen molar-refractivity contribution in [3.8, 4) is 0 Å². The molecule has 0 aromatic heterocycles. The van der Waals surface area contributed by atoms with E-state index in [-0.39, 0.29) is 17.2 Å². The van der Waals surface area contributed by atoms with Crippen molar-refractivity contribution in [3.63, 3.8) is 0 Å². The van der Waals surface area contributed by atoms with E-state index in [0.717, 1.165) is 12.8 Å². The Hall–Kier alpha value is 0.200. The van der Waals surface area contributed by atoms with Gasteiger partial charge in [0.05, 0.1) is 5.25 Å². The first-order valence-electron chi connectivity index (χ1n) is 4.54. The molecule has 1 saturated carbocycles. The SMILES string of the molecule is CC(C)C(CCl)NS(=O)(=O)C1CC1. The van der Waals surface area contributed by atoms with Crippen molar-refractivity contribution >= 4 is 21.6 Å². The molecule has 1 N–H and O–H groups in total. The Balaban J connectivity index is 2.54. The fourth-order valence-corrected chi connectivity index (χ4v) is 3.28. The molecule has 78 valence electrons. The lowest BCUT2D eigenvalue weighted by atomic mass is 10.1. The van der Waals surface area contributed by atoms with Gasteiger partial charge in [-0.2, -0.15) is 0 Å². The van der Waals surface area contributed by atoms with Crippen LogP contribution in [0.2, 0.25) is 0 Å². The van der Waals surface area contributed by atoms with E-state index in [4.69, 9.17) is 11.6 Å². The van der Waals surface area contributed by atoms with Gasteiger partial charge >= 0.3 is 0 Å². The number of nitrogens with one attached hydrogen (secondary N) is 1. The van der Waals surface area contributed by atoms with E-state index >= 15 is 0 Å². The second-order valence-corrected chi connectivity index (χ2v) is 6.17. The Morgan fingerprint density at radius 2 is 2.00 bits per heavy atom. The molecule has 1 rings (SSSR count). The standard InChI is InChI=1S/C8H16ClNO2S/c1-6(2)8(5-9)10-13(11,12)7-3-4-7/h6-8,10H,3-5H2,1-2H3. The first-order valence-corrected chi connectivity index (χ1v) is 6.62. The monoisotopic (exact) mass is 225 g/mol. The van der Waals surface area contributed by atoms with Crippen molar-refractivity contribution in [2.75, 3.05) is 5.88 Å². The van der Waals surface area contributed by atoms with Crippen LogP contribution in [0.4, 0.5) is 0 Å². The summed E-state index contributed by atoms with van der Waals surface area (Å²) in [6.07, 6.45) is 1.59. The highest BCUT2D eigenvalue weighted by molar-refractivity contribution is 7.90. The average Bonchev–Trinajstić information content (AvgIpc) is 2.81. The van der Waals surface area contributed by atoms with Crippen molar-refractivity contribution in [1.82, 2.24) is 4.72 Å². The zero-order valence-corrected chi connectivity index (χ0v) is 9.53. The summed E-state index contributed by atoms with van der Waals surface area (Å²) in [4.78, 5) is 0. The van der Waals surface area contributed by atoms with Gasteiger partial charge in [0.15, 0.2) is 0 Å². The molecule has 0 spiro atoms. The van der Waals surface area contributed by atoms with Crippen LogP contribution in [-0.2, 0) is 10.0 Å². The van der Waals surface area contributed by atoms with Gasteiger partial charge in [-0.05, 0) is 18.8 Å². The van der Waals surface area contributed by atoms with Crippen molar-refractivity contribution in [2.45, 2.75) is 38.0 Å². The molecule has 5 heteroatoms. The van der Waals surface area contributed by atoms with Gasteiger partial charge in [-0.1, -0.05) is 13.8 Å². The van der Waals surface area contributed by atoms with Crippen LogP contribution in [0.25, 0.3) is 0 Å². The van der Waals surface area contributed by atoms with E-state index in [9.17, 15) is 8.42 Å². The summed E-state index contributed by atoms with van der Waals surface area (Å²) in [6, 6.07) is -0.132. The molecule has 0 heterocycles. The van der Waals surface area contributed by atoms with Crippen LogP contribution in [0.3, 0.4) is 0 Å². The molecule has 1 aliphatic rings. The van der Waals surface area contributed by atoms with E-state index in [1.165, 1.54) is 0 Å². The van der Waals surface area contributed by atoms with E-state index in [2.05, 4.69) is 4.72 Å². The first kappa shape index (κ1) is 11.3. The Bertz CT molecular complexity index is 259. The third-order valence-electron chi connectivity index (χ3n) is 2.25. The molecule has 1 aliphatic carbocycles. The van der Waals surface area contributed by atoms with Gasteiger partial charge in [0.25, 0.3) is 0 Å². The Labute approximate surface area is 84.9 Å². The van der Waals surface area contributed by atoms with E-state index in [1.54, 1.807) is 0 Å². The summed E-state index contributed by atoms with van der Waals surface area (Å²) in [6.45, 7) is 3.92. The molecule has 0 saturated heterocycles.